The van der Waals surface area contributed by atoms with Gasteiger partial charge in [0.2, 0.25) is 0 Å². The van der Waals surface area contributed by atoms with Crippen LogP contribution in [0.5, 0.6) is 0 Å². The molecule has 1 saturated carbocycles. The van der Waals surface area contributed by atoms with Gasteiger partial charge in [0.25, 0.3) is 0 Å². The van der Waals surface area contributed by atoms with E-state index in [1.165, 1.54) is 0 Å². The molecule has 0 radical (unpaired) electrons. The number of hydrogen-bond acceptors (Lipinski definition) is 1. The molecule has 0 amide bonds. The highest BCUT2D eigenvalue weighted by atomic mass is 35.5. The Labute approximate surface area is 63.2 Å². The normalized spacial score (nSPS) is 21.6. The van der Waals surface area contributed by atoms with Crippen LogP contribution in [0.1, 0.15) is 19.3 Å². The van der Waals surface area contributed by atoms with Gasteiger partial charge in [-0.3, -0.25) is 0 Å². The number of nitrogens with two attached hydrogens (primary N) is 1. The van der Waals surface area contributed by atoms with E-state index < -0.39 is 18.1 Å². The van der Waals surface area contributed by atoms with Crippen LogP contribution in [0.4, 0.5) is 13.2 Å². The zero-order chi connectivity index (χ0) is 7.12. The number of halogens is 4. The van der Waals surface area contributed by atoms with Gasteiger partial charge in [-0.25, -0.2) is 0 Å². The molecule has 1 aliphatic rings. The van der Waals surface area contributed by atoms with Crippen molar-refractivity contribution in [2.24, 2.45) is 5.73 Å². The van der Waals surface area contributed by atoms with Crippen molar-refractivity contribution in [1.29, 1.82) is 0 Å². The Kier molecular flexibility index (Phi) is 2.59. The third kappa shape index (κ3) is 3.27. The fourth-order valence-corrected chi connectivity index (χ4v) is 0.737. The van der Waals surface area contributed by atoms with Gasteiger partial charge >= 0.3 is 6.18 Å². The second-order valence-electron chi connectivity index (χ2n) is 2.65. The predicted molar refractivity (Wildman–Crippen MR) is 34.1 cm³/mol. The van der Waals surface area contributed by atoms with Gasteiger partial charge in [0.05, 0.1) is 6.42 Å². The monoisotopic (exact) mass is 175 g/mol. The molecule has 62 valence electrons. The van der Waals surface area contributed by atoms with Gasteiger partial charge in [0, 0.05) is 5.54 Å². The minimum absolute atomic E-state index is 0. The van der Waals surface area contributed by atoms with Crippen LogP contribution in [0.2, 0.25) is 0 Å². The number of hydrogen-bond donors (Lipinski definition) is 1. The first kappa shape index (κ1) is 10.0. The molecular formula is C5H9ClF3N. The van der Waals surface area contributed by atoms with Gasteiger partial charge in [-0.05, 0) is 12.8 Å². The highest BCUT2D eigenvalue weighted by molar-refractivity contribution is 5.85. The second-order valence-corrected chi connectivity index (χ2v) is 2.65. The Morgan fingerprint density at radius 1 is 1.30 bits per heavy atom. The molecule has 0 heterocycles. The van der Waals surface area contributed by atoms with Crippen molar-refractivity contribution in [3.63, 3.8) is 0 Å². The standard InChI is InChI=1S/C5H8F3N.ClH/c6-5(7,8)3-4(9)1-2-4;/h1-3,9H2;1H. The molecule has 0 aromatic rings. The first-order chi connectivity index (χ1) is 3.91. The average Bonchev–Trinajstić information content (AvgIpc) is 2.12. The maximum atomic E-state index is 11.5. The summed E-state index contributed by atoms with van der Waals surface area (Å²) in [5.74, 6) is 0. The summed E-state index contributed by atoms with van der Waals surface area (Å²) < 4.78 is 34.5. The van der Waals surface area contributed by atoms with Crippen molar-refractivity contribution in [2.75, 3.05) is 0 Å². The van der Waals surface area contributed by atoms with E-state index in [9.17, 15) is 13.2 Å². The van der Waals surface area contributed by atoms with Crippen LogP contribution < -0.4 is 5.73 Å². The summed E-state index contributed by atoms with van der Waals surface area (Å²) in [5.41, 5.74) is 4.32. The van der Waals surface area contributed by atoms with E-state index in [4.69, 9.17) is 5.73 Å². The van der Waals surface area contributed by atoms with Crippen molar-refractivity contribution in [1.82, 2.24) is 0 Å². The lowest BCUT2D eigenvalue weighted by molar-refractivity contribution is -0.140. The fourth-order valence-electron chi connectivity index (χ4n) is 0.737. The molecule has 0 saturated heterocycles. The second kappa shape index (κ2) is 2.58. The molecule has 0 unspecified atom stereocenters. The minimum Gasteiger partial charge on any atom is -0.325 e. The third-order valence-electron chi connectivity index (χ3n) is 1.44. The molecule has 1 nitrogen and oxygen atoms in total. The SMILES string of the molecule is Cl.NC1(CC(F)(F)F)CC1. The Balaban J connectivity index is 0.000000810. The van der Waals surface area contributed by atoms with Gasteiger partial charge in [-0.1, -0.05) is 0 Å². The maximum Gasteiger partial charge on any atom is 0.390 e. The van der Waals surface area contributed by atoms with Crippen molar-refractivity contribution in [2.45, 2.75) is 31.0 Å². The van der Waals surface area contributed by atoms with Crippen LogP contribution in [0.25, 0.3) is 0 Å². The van der Waals surface area contributed by atoms with Crippen LogP contribution in [-0.2, 0) is 0 Å². The molecule has 1 rings (SSSR count). The number of alkyl halides is 3. The molecule has 2 N–H and O–H groups in total. The molecular weight excluding hydrogens is 167 g/mol. The first-order valence-corrected chi connectivity index (χ1v) is 2.77. The van der Waals surface area contributed by atoms with Gasteiger partial charge in [-0.15, -0.1) is 12.4 Å². The Morgan fingerprint density at radius 2 is 1.70 bits per heavy atom. The van der Waals surface area contributed by atoms with E-state index in [2.05, 4.69) is 0 Å². The zero-order valence-corrected chi connectivity index (χ0v) is 6.06. The van der Waals surface area contributed by atoms with Crippen LogP contribution in [-0.4, -0.2) is 11.7 Å². The quantitative estimate of drug-likeness (QED) is 0.647. The summed E-state index contributed by atoms with van der Waals surface area (Å²) >= 11 is 0. The van der Waals surface area contributed by atoms with Crippen LogP contribution >= 0.6 is 12.4 Å². The minimum atomic E-state index is -4.08. The maximum absolute atomic E-state index is 11.5. The van der Waals surface area contributed by atoms with E-state index in [0.717, 1.165) is 0 Å². The molecule has 0 atom stereocenters. The van der Waals surface area contributed by atoms with Crippen LogP contribution in [0.3, 0.4) is 0 Å². The molecule has 1 aliphatic carbocycles. The molecule has 10 heavy (non-hydrogen) atoms. The molecule has 0 spiro atoms. The predicted octanol–water partition coefficient (Wildman–Crippen LogP) is 1.85. The van der Waals surface area contributed by atoms with Gasteiger partial charge in [-0.2, -0.15) is 13.2 Å². The molecule has 0 bridgehead atoms. The Bertz CT molecular complexity index is 115. The van der Waals surface area contributed by atoms with E-state index in [0.29, 0.717) is 12.8 Å². The molecule has 0 aliphatic heterocycles. The van der Waals surface area contributed by atoms with Gasteiger partial charge in [0.15, 0.2) is 0 Å². The van der Waals surface area contributed by atoms with E-state index in [1.54, 1.807) is 0 Å². The lowest BCUT2D eigenvalue weighted by Crippen LogP contribution is -2.29. The van der Waals surface area contributed by atoms with Crippen molar-refractivity contribution < 1.29 is 13.2 Å². The molecule has 5 heteroatoms. The zero-order valence-electron chi connectivity index (χ0n) is 5.24. The van der Waals surface area contributed by atoms with E-state index >= 15 is 0 Å². The summed E-state index contributed by atoms with van der Waals surface area (Å²) in [5, 5.41) is 0. The smallest absolute Gasteiger partial charge is 0.325 e. The van der Waals surface area contributed by atoms with Gasteiger partial charge in [0.1, 0.15) is 0 Å². The summed E-state index contributed by atoms with van der Waals surface area (Å²) in [6.45, 7) is 0. The summed E-state index contributed by atoms with van der Waals surface area (Å²) in [7, 11) is 0. The summed E-state index contributed by atoms with van der Waals surface area (Å²) in [6, 6.07) is 0. The van der Waals surface area contributed by atoms with Crippen LogP contribution in [0, 0.1) is 0 Å². The molecule has 0 aromatic heterocycles. The molecule has 1 fully saturated rings. The van der Waals surface area contributed by atoms with Gasteiger partial charge < -0.3 is 5.73 Å². The summed E-state index contributed by atoms with van der Waals surface area (Å²) in [4.78, 5) is 0. The largest absolute Gasteiger partial charge is 0.390 e. The Morgan fingerprint density at radius 3 is 1.80 bits per heavy atom. The van der Waals surface area contributed by atoms with E-state index in [-0.39, 0.29) is 12.4 Å². The topological polar surface area (TPSA) is 26.0 Å². The Hall–Kier alpha value is 0.0400. The lowest BCUT2D eigenvalue weighted by Gasteiger charge is -2.10. The molecule has 0 aromatic carbocycles. The van der Waals surface area contributed by atoms with Crippen molar-refractivity contribution >= 4 is 12.4 Å². The lowest BCUT2D eigenvalue weighted by atomic mass is 10.2. The number of rotatable bonds is 1. The summed E-state index contributed by atoms with van der Waals surface area (Å²) in [6.07, 6.45) is -3.86. The van der Waals surface area contributed by atoms with Crippen molar-refractivity contribution in [3.8, 4) is 0 Å². The van der Waals surface area contributed by atoms with Crippen LogP contribution in [0.15, 0.2) is 0 Å². The van der Waals surface area contributed by atoms with Crippen molar-refractivity contribution in [3.05, 3.63) is 0 Å². The highest BCUT2D eigenvalue weighted by Crippen LogP contribution is 2.41. The average molecular weight is 176 g/mol. The first-order valence-electron chi connectivity index (χ1n) is 2.77. The van der Waals surface area contributed by atoms with E-state index in [1.807, 2.05) is 0 Å². The third-order valence-corrected chi connectivity index (χ3v) is 1.44. The fraction of sp³-hybridized carbons (Fsp3) is 1.00. The highest BCUT2D eigenvalue weighted by Gasteiger charge is 2.47.